The number of aliphatic hydroxyl groups is 2. The fourth-order valence-electron chi connectivity index (χ4n) is 6.66. The quantitative estimate of drug-likeness (QED) is 0.0326. The molecule has 0 aromatic carbocycles. The van der Waals surface area contributed by atoms with E-state index in [0.717, 1.165) is 77.0 Å². The molecule has 0 aromatic rings. The Hall–Kier alpha value is -2.18. The summed E-state index contributed by atoms with van der Waals surface area (Å²) in [5.41, 5.74) is 0. The highest BCUT2D eigenvalue weighted by molar-refractivity contribution is 5.76. The lowest BCUT2D eigenvalue weighted by atomic mass is 10.1. The monoisotopic (exact) mass is 772 g/mol. The van der Waals surface area contributed by atoms with Gasteiger partial charge in [-0.15, -0.1) is 0 Å². The number of unbranched alkanes of at least 4 members (excludes halogenated alkanes) is 25. The van der Waals surface area contributed by atoms with E-state index < -0.39 is 12.1 Å². The molecule has 0 saturated heterocycles. The summed E-state index contributed by atoms with van der Waals surface area (Å²) in [4.78, 5) is 24.4. The number of nitrogens with one attached hydrogen (secondary N) is 1. The number of aliphatic hydroxyl groups excluding tert-OH is 2. The molecule has 0 aliphatic rings. The van der Waals surface area contributed by atoms with Gasteiger partial charge >= 0.3 is 5.97 Å². The second-order valence-corrected chi connectivity index (χ2v) is 15.7. The summed E-state index contributed by atoms with van der Waals surface area (Å²) in [6.07, 6.45) is 54.0. The van der Waals surface area contributed by atoms with Crippen LogP contribution in [-0.2, 0) is 14.3 Å². The Morgan fingerprint density at radius 3 is 1.47 bits per heavy atom. The normalized spacial score (nSPS) is 13.2. The molecule has 2 unspecified atom stereocenters. The molecular weight excluding hydrogens is 683 g/mol. The van der Waals surface area contributed by atoms with Crippen molar-refractivity contribution in [1.29, 1.82) is 0 Å². The molecule has 6 heteroatoms. The summed E-state index contributed by atoms with van der Waals surface area (Å²) in [6, 6.07) is -0.665. The second-order valence-electron chi connectivity index (χ2n) is 15.7. The Balaban J connectivity index is 3.55. The van der Waals surface area contributed by atoms with Gasteiger partial charge in [0.25, 0.3) is 0 Å². The minimum absolute atomic E-state index is 0.0436. The SMILES string of the molecule is CCCCC/C=C\C/C=C\CCCCCCCCCCCC(=O)OCCCCCC/C=C\CCCC(=O)NC(CO)C(O)/C=C/CCCCCCCCCC. The van der Waals surface area contributed by atoms with Crippen molar-refractivity contribution in [2.24, 2.45) is 0 Å². The van der Waals surface area contributed by atoms with Crippen LogP contribution >= 0.6 is 0 Å². The molecule has 0 aliphatic heterocycles. The highest BCUT2D eigenvalue weighted by Gasteiger charge is 2.17. The summed E-state index contributed by atoms with van der Waals surface area (Å²) in [5.74, 6) is -0.177. The predicted molar refractivity (Wildman–Crippen MR) is 236 cm³/mol. The van der Waals surface area contributed by atoms with Gasteiger partial charge in [0.2, 0.25) is 5.91 Å². The maximum Gasteiger partial charge on any atom is 0.305 e. The Morgan fingerprint density at radius 2 is 0.927 bits per heavy atom. The molecule has 55 heavy (non-hydrogen) atoms. The zero-order valence-corrected chi connectivity index (χ0v) is 36.1. The van der Waals surface area contributed by atoms with Gasteiger partial charge in [0.1, 0.15) is 0 Å². The van der Waals surface area contributed by atoms with Crippen LogP contribution in [0.15, 0.2) is 48.6 Å². The molecule has 0 fully saturated rings. The maximum atomic E-state index is 12.3. The number of amides is 1. The van der Waals surface area contributed by atoms with Crippen molar-refractivity contribution in [3.63, 3.8) is 0 Å². The topological polar surface area (TPSA) is 95.9 Å². The number of ether oxygens (including phenoxy) is 1. The van der Waals surface area contributed by atoms with Gasteiger partial charge in [-0.25, -0.2) is 0 Å². The van der Waals surface area contributed by atoms with E-state index in [9.17, 15) is 19.8 Å². The van der Waals surface area contributed by atoms with E-state index in [0.29, 0.717) is 19.4 Å². The fourth-order valence-corrected chi connectivity index (χ4v) is 6.66. The number of rotatable bonds is 42. The lowest BCUT2D eigenvalue weighted by Crippen LogP contribution is -2.45. The number of hydrogen-bond acceptors (Lipinski definition) is 5. The number of esters is 1. The molecule has 0 saturated carbocycles. The Kier molecular flexibility index (Phi) is 42.8. The lowest BCUT2D eigenvalue weighted by molar-refractivity contribution is -0.143. The van der Waals surface area contributed by atoms with Crippen LogP contribution < -0.4 is 5.32 Å². The van der Waals surface area contributed by atoms with E-state index in [1.165, 1.54) is 122 Å². The van der Waals surface area contributed by atoms with Crippen LogP contribution in [0.4, 0.5) is 0 Å². The van der Waals surface area contributed by atoms with Gasteiger partial charge in [0, 0.05) is 12.8 Å². The molecule has 0 bridgehead atoms. The summed E-state index contributed by atoms with van der Waals surface area (Å²) in [7, 11) is 0. The van der Waals surface area contributed by atoms with Crippen LogP contribution in [0.5, 0.6) is 0 Å². The summed E-state index contributed by atoms with van der Waals surface area (Å²) >= 11 is 0. The summed E-state index contributed by atoms with van der Waals surface area (Å²) in [5, 5.41) is 22.8. The van der Waals surface area contributed by atoms with E-state index in [1.807, 2.05) is 6.08 Å². The molecule has 320 valence electrons. The third kappa shape index (κ3) is 41.3. The first-order valence-corrected chi connectivity index (χ1v) is 23.4. The van der Waals surface area contributed by atoms with Crippen LogP contribution in [0, 0.1) is 0 Å². The average molecular weight is 772 g/mol. The van der Waals surface area contributed by atoms with Crippen LogP contribution in [-0.4, -0.2) is 47.4 Å². The number of hydrogen-bond donors (Lipinski definition) is 3. The first kappa shape index (κ1) is 52.8. The van der Waals surface area contributed by atoms with E-state index >= 15 is 0 Å². The number of allylic oxidation sites excluding steroid dienone is 7. The summed E-state index contributed by atoms with van der Waals surface area (Å²) < 4.78 is 5.43. The zero-order valence-electron chi connectivity index (χ0n) is 36.1. The van der Waals surface area contributed by atoms with Gasteiger partial charge in [-0.05, 0) is 83.5 Å². The van der Waals surface area contributed by atoms with Crippen molar-refractivity contribution >= 4 is 11.9 Å². The molecule has 0 radical (unpaired) electrons. The molecule has 0 spiro atoms. The van der Waals surface area contributed by atoms with Crippen molar-refractivity contribution in [3.8, 4) is 0 Å². The predicted octanol–water partition coefficient (Wildman–Crippen LogP) is 13.5. The third-order valence-corrected chi connectivity index (χ3v) is 10.3. The Bertz CT molecular complexity index is 942. The largest absolute Gasteiger partial charge is 0.466 e. The highest BCUT2D eigenvalue weighted by atomic mass is 16.5. The standard InChI is InChI=1S/C49H89NO5/c1-3-5-7-9-11-13-15-16-17-18-19-20-21-22-23-27-31-35-39-43-49(54)55-44-40-36-32-28-24-26-30-34-38-42-48(53)50-46(45-51)47(52)41-37-33-29-25-14-12-10-8-6-4-2/h11,13,16-17,26,30,37,41,46-47,51-52H,3-10,12,14-15,18-25,27-29,31-36,38-40,42-45H2,1-2H3,(H,50,53)/b13-11-,17-16-,30-26-,41-37+. The molecule has 0 aromatic heterocycles. The maximum absolute atomic E-state index is 12.3. The van der Waals surface area contributed by atoms with E-state index in [4.69, 9.17) is 4.74 Å². The molecule has 0 heterocycles. The minimum atomic E-state index is -0.874. The lowest BCUT2D eigenvalue weighted by Gasteiger charge is -2.19. The highest BCUT2D eigenvalue weighted by Crippen LogP contribution is 2.13. The molecule has 6 nitrogen and oxygen atoms in total. The molecule has 1 amide bonds. The summed E-state index contributed by atoms with van der Waals surface area (Å²) in [6.45, 7) is 4.74. The van der Waals surface area contributed by atoms with Crippen molar-refractivity contribution in [2.75, 3.05) is 13.2 Å². The van der Waals surface area contributed by atoms with Crippen LogP contribution in [0.2, 0.25) is 0 Å². The van der Waals surface area contributed by atoms with Gasteiger partial charge in [-0.2, -0.15) is 0 Å². The smallest absolute Gasteiger partial charge is 0.305 e. The fraction of sp³-hybridized carbons (Fsp3) is 0.796. The average Bonchev–Trinajstić information content (AvgIpc) is 3.18. The van der Waals surface area contributed by atoms with Gasteiger partial charge in [-0.3, -0.25) is 9.59 Å². The number of carbonyl (C=O) groups is 2. The Labute approximate surface area is 340 Å². The van der Waals surface area contributed by atoms with E-state index in [-0.39, 0.29) is 18.5 Å². The van der Waals surface area contributed by atoms with Crippen LogP contribution in [0.1, 0.15) is 226 Å². The van der Waals surface area contributed by atoms with Crippen molar-refractivity contribution in [3.05, 3.63) is 48.6 Å². The van der Waals surface area contributed by atoms with E-state index in [1.54, 1.807) is 6.08 Å². The third-order valence-electron chi connectivity index (χ3n) is 10.3. The van der Waals surface area contributed by atoms with Crippen molar-refractivity contribution in [1.82, 2.24) is 5.32 Å². The molecule has 2 atom stereocenters. The van der Waals surface area contributed by atoms with Crippen molar-refractivity contribution in [2.45, 2.75) is 238 Å². The van der Waals surface area contributed by atoms with Gasteiger partial charge in [0.05, 0.1) is 25.4 Å². The minimum Gasteiger partial charge on any atom is -0.466 e. The molecular formula is C49H89NO5. The van der Waals surface area contributed by atoms with Gasteiger partial charge in [0.15, 0.2) is 0 Å². The van der Waals surface area contributed by atoms with Gasteiger partial charge < -0.3 is 20.3 Å². The first-order chi connectivity index (χ1) is 27.0. The number of carbonyl (C=O) groups excluding carboxylic acids is 2. The second kappa shape index (κ2) is 44.5. The molecule has 0 rings (SSSR count). The van der Waals surface area contributed by atoms with Crippen LogP contribution in [0.3, 0.4) is 0 Å². The Morgan fingerprint density at radius 1 is 0.509 bits per heavy atom. The van der Waals surface area contributed by atoms with E-state index in [2.05, 4.69) is 55.6 Å². The zero-order chi connectivity index (χ0) is 40.1. The van der Waals surface area contributed by atoms with Crippen LogP contribution in [0.25, 0.3) is 0 Å². The molecule has 0 aliphatic carbocycles. The van der Waals surface area contributed by atoms with Gasteiger partial charge in [-0.1, -0.05) is 178 Å². The molecule has 3 N–H and O–H groups in total. The van der Waals surface area contributed by atoms with Crippen molar-refractivity contribution < 1.29 is 24.5 Å². The first-order valence-electron chi connectivity index (χ1n) is 23.4.